The van der Waals surface area contributed by atoms with Crippen LogP contribution in [0.5, 0.6) is 0 Å². The minimum Gasteiger partial charge on any atom is -0.188 e. The molecule has 0 saturated heterocycles. The predicted molar refractivity (Wildman–Crippen MR) is 78.4 cm³/mol. The maximum Gasteiger partial charge on any atom is 0.416 e. The van der Waals surface area contributed by atoms with E-state index in [0.717, 1.165) is 23.4 Å². The zero-order valence-electron chi connectivity index (χ0n) is 11.3. The Labute approximate surface area is 125 Å². The molecule has 0 amide bonds. The van der Waals surface area contributed by atoms with Gasteiger partial charge >= 0.3 is 6.18 Å². The van der Waals surface area contributed by atoms with E-state index in [1.54, 1.807) is 11.8 Å². The van der Waals surface area contributed by atoms with Gasteiger partial charge in [-0.15, -0.1) is 0 Å². The summed E-state index contributed by atoms with van der Waals surface area (Å²) in [6.45, 7) is 2.06. The lowest BCUT2D eigenvalue weighted by Crippen LogP contribution is -2.13. The molecule has 0 fully saturated rings. The van der Waals surface area contributed by atoms with E-state index >= 15 is 0 Å². The van der Waals surface area contributed by atoms with Gasteiger partial charge in [-0.1, -0.05) is 23.9 Å². The molecule has 1 heterocycles. The van der Waals surface area contributed by atoms with Crippen LogP contribution in [0.15, 0.2) is 47.4 Å². The first-order valence-electron chi connectivity index (χ1n) is 6.46. The third-order valence-corrected chi connectivity index (χ3v) is 4.67. The third kappa shape index (κ3) is 2.83. The molecule has 0 saturated carbocycles. The molecule has 2 aromatic carbocycles. The summed E-state index contributed by atoms with van der Waals surface area (Å²) in [7, 11) is 0. The average Bonchev–Trinajstić information content (AvgIpc) is 2.46. The van der Waals surface area contributed by atoms with Gasteiger partial charge in [-0.05, 0) is 30.7 Å². The van der Waals surface area contributed by atoms with Gasteiger partial charge in [0.2, 0.25) is 5.69 Å². The molecule has 0 atom stereocenters. The van der Waals surface area contributed by atoms with Crippen LogP contribution in [-0.4, -0.2) is 16.7 Å². The SMILES string of the molecule is Cc1cccc2c1SC[N+](c1ccc(C(F)(F)F)cc1)=C2. The second-order valence-corrected chi connectivity index (χ2v) is 5.87. The van der Waals surface area contributed by atoms with Crippen molar-refractivity contribution in [1.29, 1.82) is 0 Å². The van der Waals surface area contributed by atoms with Gasteiger partial charge in [0.15, 0.2) is 12.1 Å². The zero-order chi connectivity index (χ0) is 15.0. The van der Waals surface area contributed by atoms with Crippen molar-refractivity contribution < 1.29 is 17.7 Å². The summed E-state index contributed by atoms with van der Waals surface area (Å²) in [5, 5.41) is 0. The second kappa shape index (κ2) is 5.22. The lowest BCUT2D eigenvalue weighted by Gasteiger charge is -2.14. The number of aryl methyl sites for hydroxylation is 1. The topological polar surface area (TPSA) is 3.01 Å². The van der Waals surface area contributed by atoms with Crippen LogP contribution in [-0.2, 0) is 6.18 Å². The number of benzene rings is 2. The second-order valence-electron chi connectivity index (χ2n) is 4.91. The van der Waals surface area contributed by atoms with Gasteiger partial charge in [0.1, 0.15) is 0 Å². The minimum absolute atomic E-state index is 0.618. The van der Waals surface area contributed by atoms with Crippen LogP contribution >= 0.6 is 11.8 Å². The molecule has 1 aliphatic heterocycles. The predicted octanol–water partition coefficient (Wildman–Crippen LogP) is 4.84. The standard InChI is InChI=1S/C16H13F3NS/c1-11-3-2-4-12-9-20(10-21-15(11)12)14-7-5-13(6-8-14)16(17,18)19/h2-9H,10H2,1H3/q+1. The Morgan fingerprint density at radius 3 is 2.43 bits per heavy atom. The number of halogens is 3. The molecular formula is C16H13F3NS+. The number of hydrogen-bond donors (Lipinski definition) is 0. The fourth-order valence-corrected chi connectivity index (χ4v) is 3.38. The van der Waals surface area contributed by atoms with E-state index < -0.39 is 11.7 Å². The average molecular weight is 308 g/mol. The number of rotatable bonds is 1. The molecule has 2 aromatic rings. The maximum absolute atomic E-state index is 12.6. The van der Waals surface area contributed by atoms with Gasteiger partial charge in [-0.3, -0.25) is 0 Å². The lowest BCUT2D eigenvalue weighted by molar-refractivity contribution is -0.411. The number of nitrogens with zero attached hydrogens (tertiary/aromatic N) is 1. The fourth-order valence-electron chi connectivity index (χ4n) is 2.30. The first kappa shape index (κ1) is 14.2. The van der Waals surface area contributed by atoms with Crippen molar-refractivity contribution in [3.05, 3.63) is 59.2 Å². The molecule has 0 bridgehead atoms. The van der Waals surface area contributed by atoms with Gasteiger partial charge in [0.05, 0.1) is 11.1 Å². The molecule has 0 N–H and O–H groups in total. The van der Waals surface area contributed by atoms with Gasteiger partial charge < -0.3 is 0 Å². The lowest BCUT2D eigenvalue weighted by atomic mass is 10.1. The smallest absolute Gasteiger partial charge is 0.188 e. The normalized spacial score (nSPS) is 14.6. The molecule has 1 nitrogen and oxygen atoms in total. The van der Waals surface area contributed by atoms with Crippen molar-refractivity contribution in [2.75, 3.05) is 5.88 Å². The highest BCUT2D eigenvalue weighted by Gasteiger charge is 2.30. The molecular weight excluding hydrogens is 295 g/mol. The van der Waals surface area contributed by atoms with Crippen molar-refractivity contribution in [3.8, 4) is 0 Å². The minimum atomic E-state index is -4.29. The van der Waals surface area contributed by atoms with E-state index in [-0.39, 0.29) is 0 Å². The summed E-state index contributed by atoms with van der Waals surface area (Å²) in [6, 6.07) is 11.3. The van der Waals surface area contributed by atoms with Crippen LogP contribution in [0.2, 0.25) is 0 Å². The zero-order valence-corrected chi connectivity index (χ0v) is 12.1. The summed E-state index contributed by atoms with van der Waals surface area (Å²) in [4.78, 5) is 1.24. The highest BCUT2D eigenvalue weighted by atomic mass is 32.2. The van der Waals surface area contributed by atoms with Crippen molar-refractivity contribution in [2.45, 2.75) is 18.0 Å². The monoisotopic (exact) mass is 308 g/mol. The fraction of sp³-hybridized carbons (Fsp3) is 0.188. The molecule has 0 unspecified atom stereocenters. The highest BCUT2D eigenvalue weighted by molar-refractivity contribution is 7.99. The van der Waals surface area contributed by atoms with E-state index in [0.29, 0.717) is 5.88 Å². The van der Waals surface area contributed by atoms with Crippen LogP contribution in [0, 0.1) is 6.92 Å². The molecule has 108 valence electrons. The first-order chi connectivity index (χ1) is 9.95. The summed E-state index contributed by atoms with van der Waals surface area (Å²) >= 11 is 1.70. The Bertz CT molecular complexity index is 702. The van der Waals surface area contributed by atoms with E-state index in [2.05, 4.69) is 13.0 Å². The Kier molecular flexibility index (Phi) is 3.53. The Hall–Kier alpha value is -1.75. The van der Waals surface area contributed by atoms with Crippen molar-refractivity contribution in [1.82, 2.24) is 0 Å². The van der Waals surface area contributed by atoms with E-state index in [1.807, 2.05) is 22.9 Å². The first-order valence-corrected chi connectivity index (χ1v) is 7.45. The molecule has 21 heavy (non-hydrogen) atoms. The number of thioether (sulfide) groups is 1. The molecule has 0 aliphatic carbocycles. The number of hydrogen-bond acceptors (Lipinski definition) is 1. The van der Waals surface area contributed by atoms with Crippen LogP contribution in [0.25, 0.3) is 0 Å². The van der Waals surface area contributed by atoms with Crippen LogP contribution in [0.3, 0.4) is 0 Å². The highest BCUT2D eigenvalue weighted by Crippen LogP contribution is 2.33. The number of alkyl halides is 3. The molecule has 5 heteroatoms. The van der Waals surface area contributed by atoms with Crippen molar-refractivity contribution in [2.24, 2.45) is 0 Å². The van der Waals surface area contributed by atoms with Gasteiger partial charge in [-0.25, -0.2) is 0 Å². The Balaban J connectivity index is 1.95. The molecule has 0 spiro atoms. The van der Waals surface area contributed by atoms with E-state index in [9.17, 15) is 13.2 Å². The molecule has 1 aliphatic rings. The summed E-state index contributed by atoms with van der Waals surface area (Å²) in [5.74, 6) is 0.698. The summed E-state index contributed by atoms with van der Waals surface area (Å²) in [6.07, 6.45) is -2.30. The number of fused-ring (bicyclic) bond motifs is 1. The largest absolute Gasteiger partial charge is 0.416 e. The summed E-state index contributed by atoms with van der Waals surface area (Å²) in [5.41, 5.74) is 2.47. The van der Waals surface area contributed by atoms with Crippen molar-refractivity contribution >= 4 is 23.7 Å². The van der Waals surface area contributed by atoms with Gasteiger partial charge in [-0.2, -0.15) is 17.7 Å². The third-order valence-electron chi connectivity index (χ3n) is 3.41. The van der Waals surface area contributed by atoms with Crippen LogP contribution < -0.4 is 0 Å². The van der Waals surface area contributed by atoms with Crippen LogP contribution in [0.1, 0.15) is 16.7 Å². The van der Waals surface area contributed by atoms with Gasteiger partial charge in [0.25, 0.3) is 0 Å². The molecule has 0 aromatic heterocycles. The maximum atomic E-state index is 12.6. The van der Waals surface area contributed by atoms with E-state index in [4.69, 9.17) is 0 Å². The molecule has 3 rings (SSSR count). The van der Waals surface area contributed by atoms with Crippen LogP contribution in [0.4, 0.5) is 18.9 Å². The van der Waals surface area contributed by atoms with Crippen molar-refractivity contribution in [3.63, 3.8) is 0 Å². The molecule has 0 radical (unpaired) electrons. The quantitative estimate of drug-likeness (QED) is 0.681. The Morgan fingerprint density at radius 1 is 1.05 bits per heavy atom. The van der Waals surface area contributed by atoms with Gasteiger partial charge in [0, 0.05) is 17.0 Å². The van der Waals surface area contributed by atoms with E-state index in [1.165, 1.54) is 22.6 Å². The Morgan fingerprint density at radius 2 is 1.76 bits per heavy atom. The summed E-state index contributed by atoms with van der Waals surface area (Å²) < 4.78 is 39.7.